The molecule has 2 aliphatic carbocycles. The Morgan fingerprint density at radius 2 is 1.92 bits per heavy atom. The van der Waals surface area contributed by atoms with E-state index in [1.807, 2.05) is 6.92 Å². The molecule has 5 nitrogen and oxygen atoms in total. The van der Waals surface area contributed by atoms with Gasteiger partial charge in [-0.2, -0.15) is 0 Å². The molecule has 1 amide bonds. The van der Waals surface area contributed by atoms with Crippen LogP contribution in [-0.4, -0.2) is 24.3 Å². The first-order chi connectivity index (χ1) is 12.1. The Morgan fingerprint density at radius 3 is 2.60 bits per heavy atom. The molecule has 5 heteroatoms. The van der Waals surface area contributed by atoms with Gasteiger partial charge in [0.25, 0.3) is 0 Å². The van der Waals surface area contributed by atoms with Gasteiger partial charge in [0.15, 0.2) is 0 Å². The van der Waals surface area contributed by atoms with Crippen molar-refractivity contribution in [1.82, 2.24) is 0 Å². The van der Waals surface area contributed by atoms with Crippen molar-refractivity contribution in [2.45, 2.75) is 45.4 Å². The van der Waals surface area contributed by atoms with Crippen LogP contribution >= 0.6 is 0 Å². The van der Waals surface area contributed by atoms with Gasteiger partial charge in [-0.1, -0.05) is 19.4 Å². The van der Waals surface area contributed by atoms with Gasteiger partial charge in [0, 0.05) is 23.4 Å². The minimum Gasteiger partial charge on any atom is -0.462 e. The first-order valence-corrected chi connectivity index (χ1v) is 9.20. The summed E-state index contributed by atoms with van der Waals surface area (Å²) in [6.45, 7) is 2.32. The molecule has 2 aliphatic rings. The number of Topliss-reactive ketones (excluding diaryl/α,β-unsaturated/α-hetero) is 1. The molecule has 1 aromatic carbocycles. The quantitative estimate of drug-likeness (QED) is 0.829. The van der Waals surface area contributed by atoms with E-state index < -0.39 is 0 Å². The van der Waals surface area contributed by atoms with Crippen molar-refractivity contribution in [3.8, 4) is 0 Å². The number of amides is 1. The molecule has 2 atom stereocenters. The van der Waals surface area contributed by atoms with E-state index in [4.69, 9.17) is 4.74 Å². The number of esters is 1. The Balaban J connectivity index is 1.63. The summed E-state index contributed by atoms with van der Waals surface area (Å²) < 4.78 is 5.13. The molecular formula is C20H25NO4. The average Bonchev–Trinajstić information content (AvgIpc) is 2.59. The lowest BCUT2D eigenvalue weighted by atomic mass is 9.67. The van der Waals surface area contributed by atoms with Gasteiger partial charge in [-0.3, -0.25) is 9.59 Å². The van der Waals surface area contributed by atoms with E-state index in [0.29, 0.717) is 36.5 Å². The van der Waals surface area contributed by atoms with Gasteiger partial charge >= 0.3 is 5.97 Å². The summed E-state index contributed by atoms with van der Waals surface area (Å²) in [4.78, 5) is 36.7. The molecule has 1 N–H and O–H groups in total. The van der Waals surface area contributed by atoms with Crippen molar-refractivity contribution in [2.24, 2.45) is 17.8 Å². The molecule has 134 valence electrons. The van der Waals surface area contributed by atoms with Crippen LogP contribution in [-0.2, 0) is 14.3 Å². The molecule has 0 radical (unpaired) electrons. The molecule has 2 saturated carbocycles. The number of carbonyl (C=O) groups excluding carboxylic acids is 3. The maximum Gasteiger partial charge on any atom is 0.338 e. The Hall–Kier alpha value is -2.17. The average molecular weight is 343 g/mol. The highest BCUT2D eigenvalue weighted by molar-refractivity contribution is 5.97. The largest absolute Gasteiger partial charge is 0.462 e. The fraction of sp³-hybridized carbons (Fsp3) is 0.550. The SMILES string of the molecule is CCCOC(=O)c1cccc(NC(=O)C2CC3CCCC(C2)C3=O)c1. The molecule has 2 unspecified atom stereocenters. The summed E-state index contributed by atoms with van der Waals surface area (Å²) in [5, 5.41) is 2.91. The second kappa shape index (κ2) is 7.81. The van der Waals surface area contributed by atoms with E-state index in [0.717, 1.165) is 25.7 Å². The highest BCUT2D eigenvalue weighted by Gasteiger charge is 2.41. The summed E-state index contributed by atoms with van der Waals surface area (Å²) in [6.07, 6.45) is 5.00. The van der Waals surface area contributed by atoms with Gasteiger partial charge in [-0.15, -0.1) is 0 Å². The second-order valence-corrected chi connectivity index (χ2v) is 7.10. The summed E-state index contributed by atoms with van der Waals surface area (Å²) in [5.74, 6) is -0.0869. The summed E-state index contributed by atoms with van der Waals surface area (Å²) in [6, 6.07) is 6.82. The molecule has 0 heterocycles. The maximum atomic E-state index is 12.6. The molecule has 2 fully saturated rings. The van der Waals surface area contributed by atoms with E-state index >= 15 is 0 Å². The van der Waals surface area contributed by atoms with Crippen LogP contribution in [0.2, 0.25) is 0 Å². The van der Waals surface area contributed by atoms with Gasteiger partial charge in [-0.25, -0.2) is 4.79 Å². The van der Waals surface area contributed by atoms with Crippen molar-refractivity contribution in [3.63, 3.8) is 0 Å². The molecule has 1 aromatic rings. The Kier molecular flexibility index (Phi) is 5.51. The van der Waals surface area contributed by atoms with E-state index in [-0.39, 0.29) is 29.6 Å². The number of rotatable bonds is 5. The summed E-state index contributed by atoms with van der Waals surface area (Å²) in [5.41, 5.74) is 1.03. The number of anilines is 1. The van der Waals surface area contributed by atoms with Crippen molar-refractivity contribution in [1.29, 1.82) is 0 Å². The number of hydrogen-bond donors (Lipinski definition) is 1. The Labute approximate surface area is 148 Å². The number of benzene rings is 1. The molecule has 0 spiro atoms. The number of ether oxygens (including phenoxy) is 1. The lowest BCUT2D eigenvalue weighted by Crippen LogP contribution is -2.40. The number of carbonyl (C=O) groups is 3. The van der Waals surface area contributed by atoms with Gasteiger partial charge in [0.1, 0.15) is 5.78 Å². The molecule has 0 aromatic heterocycles. The lowest BCUT2D eigenvalue weighted by molar-refractivity contribution is -0.136. The van der Waals surface area contributed by atoms with Crippen LogP contribution in [0.1, 0.15) is 55.8 Å². The topological polar surface area (TPSA) is 72.5 Å². The Morgan fingerprint density at radius 1 is 1.20 bits per heavy atom. The third-order valence-corrected chi connectivity index (χ3v) is 5.22. The molecule has 3 rings (SSSR count). The first-order valence-electron chi connectivity index (χ1n) is 9.20. The van der Waals surface area contributed by atoms with Crippen molar-refractivity contribution < 1.29 is 19.1 Å². The van der Waals surface area contributed by atoms with Crippen LogP contribution < -0.4 is 5.32 Å². The van der Waals surface area contributed by atoms with Crippen LogP contribution in [0, 0.1) is 17.8 Å². The van der Waals surface area contributed by atoms with E-state index in [2.05, 4.69) is 5.32 Å². The third-order valence-electron chi connectivity index (χ3n) is 5.22. The van der Waals surface area contributed by atoms with Crippen molar-refractivity contribution in [3.05, 3.63) is 29.8 Å². The van der Waals surface area contributed by atoms with Gasteiger partial charge in [-0.05, 0) is 50.3 Å². The second-order valence-electron chi connectivity index (χ2n) is 7.10. The zero-order chi connectivity index (χ0) is 17.8. The molecule has 0 aliphatic heterocycles. The highest BCUT2D eigenvalue weighted by Crippen LogP contribution is 2.40. The predicted octanol–water partition coefficient (Wildman–Crippen LogP) is 3.59. The van der Waals surface area contributed by atoms with Crippen LogP contribution in [0.15, 0.2) is 24.3 Å². The van der Waals surface area contributed by atoms with Crippen LogP contribution in [0.3, 0.4) is 0 Å². The normalized spacial score (nSPS) is 25.3. The van der Waals surface area contributed by atoms with Gasteiger partial charge in [0.2, 0.25) is 5.91 Å². The molecule has 0 saturated heterocycles. The fourth-order valence-electron chi connectivity index (χ4n) is 3.94. The molecule has 25 heavy (non-hydrogen) atoms. The standard InChI is InChI=1S/C20H25NO4/c1-2-9-25-20(24)15-7-4-8-17(12-15)21-19(23)16-10-13-5-3-6-14(11-16)18(13)22/h4,7-8,12-14,16H,2-3,5-6,9-11H2,1H3,(H,21,23). The summed E-state index contributed by atoms with van der Waals surface area (Å²) >= 11 is 0. The van der Waals surface area contributed by atoms with Crippen molar-refractivity contribution in [2.75, 3.05) is 11.9 Å². The van der Waals surface area contributed by atoms with Crippen LogP contribution in [0.4, 0.5) is 5.69 Å². The maximum absolute atomic E-state index is 12.6. The number of nitrogens with one attached hydrogen (secondary N) is 1. The third kappa shape index (κ3) is 4.09. The molecular weight excluding hydrogens is 318 g/mol. The van der Waals surface area contributed by atoms with Gasteiger partial charge < -0.3 is 10.1 Å². The summed E-state index contributed by atoms with van der Waals surface area (Å²) in [7, 11) is 0. The zero-order valence-corrected chi connectivity index (χ0v) is 14.6. The predicted molar refractivity (Wildman–Crippen MR) is 94.2 cm³/mol. The fourth-order valence-corrected chi connectivity index (χ4v) is 3.94. The first kappa shape index (κ1) is 17.6. The van der Waals surface area contributed by atoms with Crippen LogP contribution in [0.25, 0.3) is 0 Å². The zero-order valence-electron chi connectivity index (χ0n) is 14.6. The lowest BCUT2D eigenvalue weighted by Gasteiger charge is -2.36. The van der Waals surface area contributed by atoms with Crippen molar-refractivity contribution >= 4 is 23.3 Å². The monoisotopic (exact) mass is 343 g/mol. The van der Waals surface area contributed by atoms with Gasteiger partial charge in [0.05, 0.1) is 12.2 Å². The number of fused-ring (bicyclic) bond motifs is 2. The molecule has 2 bridgehead atoms. The van der Waals surface area contributed by atoms with E-state index in [1.54, 1.807) is 24.3 Å². The minimum atomic E-state index is -0.379. The van der Waals surface area contributed by atoms with Crippen LogP contribution in [0.5, 0.6) is 0 Å². The van der Waals surface area contributed by atoms with E-state index in [9.17, 15) is 14.4 Å². The minimum absolute atomic E-state index is 0.0523. The number of hydrogen-bond acceptors (Lipinski definition) is 4. The smallest absolute Gasteiger partial charge is 0.338 e. The number of ketones is 1. The highest BCUT2D eigenvalue weighted by atomic mass is 16.5. The van der Waals surface area contributed by atoms with E-state index in [1.165, 1.54) is 0 Å². The Bertz CT molecular complexity index is 653.